The Labute approximate surface area is 149 Å². The molecule has 140 valence electrons. The summed E-state index contributed by atoms with van der Waals surface area (Å²) < 4.78 is 0. The van der Waals surface area contributed by atoms with Crippen molar-refractivity contribution in [2.24, 2.45) is 0 Å². The van der Waals surface area contributed by atoms with E-state index in [9.17, 15) is 0 Å². The molecular formula is C9H14N18. The van der Waals surface area contributed by atoms with Crippen LogP contribution in [0.4, 0.5) is 53.5 Å². The third kappa shape index (κ3) is 4.20. The van der Waals surface area contributed by atoms with Crippen molar-refractivity contribution in [2.45, 2.75) is 0 Å². The molecule has 0 fully saturated rings. The summed E-state index contributed by atoms with van der Waals surface area (Å²) in [6.07, 6.45) is 0. The maximum Gasteiger partial charge on any atom is 0.271 e. The Morgan fingerprint density at radius 1 is 0.444 bits per heavy atom. The molecule has 0 amide bonds. The lowest BCUT2D eigenvalue weighted by atomic mass is 10.8. The van der Waals surface area contributed by atoms with Gasteiger partial charge >= 0.3 is 0 Å². The van der Waals surface area contributed by atoms with Crippen molar-refractivity contribution in [2.75, 3.05) is 50.4 Å². The molecule has 3 heterocycles. The number of rotatable bonds is 5. The van der Waals surface area contributed by atoms with Gasteiger partial charge in [-0.2, -0.15) is 50.0 Å². The molecule has 0 saturated carbocycles. The van der Waals surface area contributed by atoms with Crippen LogP contribution in [0.3, 0.4) is 0 Å². The first kappa shape index (κ1) is 17.1. The highest BCUT2D eigenvalue weighted by Gasteiger charge is 2.17. The molecule has 0 radical (unpaired) electrons. The summed E-state index contributed by atoms with van der Waals surface area (Å²) in [4.78, 5) is 34.3. The summed E-state index contributed by atoms with van der Waals surface area (Å²) in [6.45, 7) is 0. The van der Waals surface area contributed by atoms with Crippen molar-refractivity contribution in [3.63, 3.8) is 0 Å². The standard InChI is InChI=1S/C9H14N18/c10-1-16-2(11)20-7(19-1)25-27(9-23-5(14)18-6(15)24-9)26-8-21-3(12)17-4(13)22-8/h(H4,14,15,18,23,24)(H5,10,11,16,19,20,25)(H5,12,13,17,21,22,26). The predicted molar refractivity (Wildman–Crippen MR) is 95.7 cm³/mol. The third-order valence-corrected chi connectivity index (χ3v) is 2.62. The van der Waals surface area contributed by atoms with Gasteiger partial charge < -0.3 is 34.4 Å². The van der Waals surface area contributed by atoms with Gasteiger partial charge in [0.2, 0.25) is 47.6 Å². The van der Waals surface area contributed by atoms with Crippen molar-refractivity contribution < 1.29 is 0 Å². The number of nitrogens with zero attached hydrogens (tertiary/aromatic N) is 10. The number of hydrogen-bond donors (Lipinski definition) is 8. The Morgan fingerprint density at radius 3 is 1.07 bits per heavy atom. The molecule has 0 bridgehead atoms. The van der Waals surface area contributed by atoms with Crippen LogP contribution in [-0.4, -0.2) is 44.9 Å². The highest BCUT2D eigenvalue weighted by atomic mass is 15.8. The minimum atomic E-state index is -0.157. The van der Waals surface area contributed by atoms with E-state index in [1.54, 1.807) is 0 Å². The van der Waals surface area contributed by atoms with E-state index < -0.39 is 0 Å². The van der Waals surface area contributed by atoms with Gasteiger partial charge in [0.25, 0.3) is 5.95 Å². The monoisotopic (exact) mass is 374 g/mol. The molecule has 0 unspecified atom stereocenters. The lowest BCUT2D eigenvalue weighted by Gasteiger charge is -2.23. The summed E-state index contributed by atoms with van der Waals surface area (Å²) in [5.41, 5.74) is 38.7. The summed E-state index contributed by atoms with van der Waals surface area (Å²) in [5.74, 6) is -1.08. The van der Waals surface area contributed by atoms with Gasteiger partial charge in [-0.1, -0.05) is 0 Å². The van der Waals surface area contributed by atoms with Crippen molar-refractivity contribution in [1.29, 1.82) is 0 Å². The fourth-order valence-electron chi connectivity index (χ4n) is 1.74. The van der Waals surface area contributed by atoms with Gasteiger partial charge in [0.15, 0.2) is 0 Å². The second-order valence-corrected chi connectivity index (χ2v) is 4.66. The molecule has 27 heavy (non-hydrogen) atoms. The molecule has 0 aromatic carbocycles. The molecule has 0 saturated heterocycles. The van der Waals surface area contributed by atoms with Crippen molar-refractivity contribution in [1.82, 2.24) is 44.9 Å². The highest BCUT2D eigenvalue weighted by molar-refractivity contribution is 5.52. The van der Waals surface area contributed by atoms with Crippen LogP contribution >= 0.6 is 0 Å². The molecule has 0 aliphatic rings. The van der Waals surface area contributed by atoms with Crippen LogP contribution in [-0.2, 0) is 0 Å². The summed E-state index contributed by atoms with van der Waals surface area (Å²) in [5, 5.41) is 1.05. The average Bonchev–Trinajstić information content (AvgIpc) is 2.51. The number of hydrogen-bond acceptors (Lipinski definition) is 18. The summed E-state index contributed by atoms with van der Waals surface area (Å²) in [7, 11) is 0. The van der Waals surface area contributed by atoms with E-state index in [-0.39, 0.29) is 53.5 Å². The van der Waals surface area contributed by atoms with Crippen LogP contribution < -0.4 is 50.4 Å². The topological polar surface area (TPSA) is 299 Å². The quantitative estimate of drug-likeness (QED) is 0.201. The molecule has 3 aromatic rings. The molecule has 0 spiro atoms. The van der Waals surface area contributed by atoms with Gasteiger partial charge in [0.05, 0.1) is 0 Å². The normalized spacial score (nSPS) is 10.4. The van der Waals surface area contributed by atoms with Crippen LogP contribution in [0.5, 0.6) is 0 Å². The SMILES string of the molecule is Nc1nc(N)nc(NN(Nc2nc(N)nc(N)n2)c2nc(N)nc(N)n2)n1. The van der Waals surface area contributed by atoms with Gasteiger partial charge in [-0.3, -0.25) is 0 Å². The van der Waals surface area contributed by atoms with Crippen molar-refractivity contribution >= 4 is 53.5 Å². The zero-order valence-electron chi connectivity index (χ0n) is 13.4. The Morgan fingerprint density at radius 2 is 0.741 bits per heavy atom. The maximum atomic E-state index is 5.59. The highest BCUT2D eigenvalue weighted by Crippen LogP contribution is 2.14. The first-order valence-electron chi connectivity index (χ1n) is 6.93. The van der Waals surface area contributed by atoms with E-state index in [2.05, 4.69) is 55.7 Å². The molecule has 18 heteroatoms. The zero-order chi connectivity index (χ0) is 19.6. The van der Waals surface area contributed by atoms with Gasteiger partial charge in [-0.25, -0.2) is 10.9 Å². The van der Waals surface area contributed by atoms with Crippen molar-refractivity contribution in [3.8, 4) is 0 Å². The predicted octanol–water partition coefficient (Wildman–Crippen LogP) is -3.40. The number of hydrazine groups is 2. The Balaban J connectivity index is 1.99. The van der Waals surface area contributed by atoms with Crippen LogP contribution in [0.1, 0.15) is 0 Å². The first-order valence-corrected chi connectivity index (χ1v) is 6.93. The Bertz CT molecular complexity index is 857. The van der Waals surface area contributed by atoms with E-state index in [0.717, 1.165) is 5.12 Å². The first-order chi connectivity index (χ1) is 12.8. The van der Waals surface area contributed by atoms with Crippen LogP contribution in [0.15, 0.2) is 0 Å². The Hall–Kier alpha value is -4.77. The van der Waals surface area contributed by atoms with Gasteiger partial charge in [-0.15, -0.1) is 0 Å². The van der Waals surface area contributed by atoms with Gasteiger partial charge in [0, 0.05) is 0 Å². The largest absolute Gasteiger partial charge is 0.368 e. The van der Waals surface area contributed by atoms with E-state index in [4.69, 9.17) is 34.4 Å². The van der Waals surface area contributed by atoms with Crippen LogP contribution in [0.2, 0.25) is 0 Å². The van der Waals surface area contributed by atoms with Gasteiger partial charge in [-0.05, 0) is 0 Å². The maximum absolute atomic E-state index is 5.59. The van der Waals surface area contributed by atoms with Crippen LogP contribution in [0.25, 0.3) is 0 Å². The number of aromatic nitrogens is 9. The molecule has 14 N–H and O–H groups in total. The molecular weight excluding hydrogens is 360 g/mol. The minimum absolute atomic E-state index is 0.0694. The van der Waals surface area contributed by atoms with E-state index in [1.165, 1.54) is 0 Å². The smallest absolute Gasteiger partial charge is 0.271 e. The fourth-order valence-corrected chi connectivity index (χ4v) is 1.74. The second kappa shape index (κ2) is 6.62. The number of nitrogens with one attached hydrogen (secondary N) is 2. The molecule has 0 atom stereocenters. The lowest BCUT2D eigenvalue weighted by Crippen LogP contribution is -2.39. The van der Waals surface area contributed by atoms with Crippen molar-refractivity contribution in [3.05, 3.63) is 0 Å². The number of nitrogen functional groups attached to an aromatic ring is 6. The number of anilines is 9. The van der Waals surface area contributed by atoms with Crippen LogP contribution in [0, 0.1) is 0 Å². The number of nitrogens with two attached hydrogens (primary N) is 6. The summed E-state index contributed by atoms with van der Waals surface area (Å²) >= 11 is 0. The fraction of sp³-hybridized carbons (Fsp3) is 0. The Kier molecular flexibility index (Phi) is 4.18. The van der Waals surface area contributed by atoms with E-state index >= 15 is 0 Å². The zero-order valence-corrected chi connectivity index (χ0v) is 13.4. The molecule has 0 aliphatic heterocycles. The minimum Gasteiger partial charge on any atom is -0.368 e. The van der Waals surface area contributed by atoms with E-state index in [1.807, 2.05) is 0 Å². The third-order valence-electron chi connectivity index (χ3n) is 2.62. The van der Waals surface area contributed by atoms with E-state index in [0.29, 0.717) is 0 Å². The second-order valence-electron chi connectivity index (χ2n) is 4.66. The molecule has 3 rings (SSSR count). The molecule has 0 aliphatic carbocycles. The van der Waals surface area contributed by atoms with Gasteiger partial charge in [0.1, 0.15) is 0 Å². The molecule has 3 aromatic heterocycles. The summed E-state index contributed by atoms with van der Waals surface area (Å²) in [6, 6.07) is 0. The molecule has 18 nitrogen and oxygen atoms in total. The average molecular weight is 374 g/mol. The lowest BCUT2D eigenvalue weighted by molar-refractivity contribution is 0.899.